The van der Waals surface area contributed by atoms with Crippen molar-refractivity contribution in [2.24, 2.45) is 0 Å². The number of hydrogen-bond acceptors (Lipinski definition) is 5. The number of benzene rings is 1. The number of aliphatic hydroxyl groups excluding tert-OH is 1. The zero-order valence-corrected chi connectivity index (χ0v) is 12.6. The van der Waals surface area contributed by atoms with Gasteiger partial charge in [-0.15, -0.1) is 0 Å². The molecule has 1 aromatic carbocycles. The third-order valence-electron chi connectivity index (χ3n) is 3.67. The molecule has 0 amide bonds. The number of nitrogens with zero attached hydrogens (tertiary/aromatic N) is 1. The first-order valence-corrected chi connectivity index (χ1v) is 7.37. The van der Waals surface area contributed by atoms with Crippen LogP contribution in [0.3, 0.4) is 0 Å². The molecule has 21 heavy (non-hydrogen) atoms. The summed E-state index contributed by atoms with van der Waals surface area (Å²) in [6.07, 6.45) is -0.212. The molecule has 0 bridgehead atoms. The second kappa shape index (κ2) is 7.54. The van der Waals surface area contributed by atoms with E-state index in [-0.39, 0.29) is 24.5 Å². The Bertz CT molecular complexity index is 477. The zero-order chi connectivity index (χ0) is 15.2. The van der Waals surface area contributed by atoms with Gasteiger partial charge in [0, 0.05) is 12.6 Å². The fourth-order valence-electron chi connectivity index (χ4n) is 2.45. The van der Waals surface area contributed by atoms with Crippen molar-refractivity contribution in [2.45, 2.75) is 26.0 Å². The third-order valence-corrected chi connectivity index (χ3v) is 3.67. The lowest BCUT2D eigenvalue weighted by atomic mass is 10.1. The number of carbonyl (C=O) groups is 1. The van der Waals surface area contributed by atoms with Crippen LogP contribution >= 0.6 is 0 Å². The van der Waals surface area contributed by atoms with Crippen molar-refractivity contribution in [1.82, 2.24) is 4.90 Å². The Hall–Kier alpha value is -1.43. The number of rotatable bonds is 6. The molecule has 1 aliphatic heterocycles. The molecule has 2 unspecified atom stereocenters. The van der Waals surface area contributed by atoms with E-state index in [4.69, 9.17) is 9.47 Å². The van der Waals surface area contributed by atoms with Crippen LogP contribution in [0.5, 0.6) is 5.75 Å². The lowest BCUT2D eigenvalue weighted by molar-refractivity contribution is -0.0748. The Morgan fingerprint density at radius 1 is 1.48 bits per heavy atom. The normalized spacial score (nSPS) is 23.0. The summed E-state index contributed by atoms with van der Waals surface area (Å²) in [5, 5.41) is 9.20. The predicted octanol–water partition coefficient (Wildman–Crippen LogP) is 1.35. The molecule has 5 heteroatoms. The second-order valence-electron chi connectivity index (χ2n) is 5.27. The Labute approximate surface area is 125 Å². The molecule has 5 nitrogen and oxygen atoms in total. The van der Waals surface area contributed by atoms with Crippen LogP contribution in [-0.4, -0.2) is 60.8 Å². The van der Waals surface area contributed by atoms with E-state index in [2.05, 4.69) is 4.90 Å². The lowest BCUT2D eigenvalue weighted by Crippen LogP contribution is -2.51. The minimum atomic E-state index is -0.212. The van der Waals surface area contributed by atoms with Gasteiger partial charge in [0.25, 0.3) is 0 Å². The van der Waals surface area contributed by atoms with Crippen molar-refractivity contribution in [3.8, 4) is 5.75 Å². The summed E-state index contributed by atoms with van der Waals surface area (Å²) in [7, 11) is 0. The average molecular weight is 293 g/mol. The van der Waals surface area contributed by atoms with Crippen LogP contribution in [0.2, 0.25) is 0 Å². The number of hydrogen-bond donors (Lipinski definition) is 1. The van der Waals surface area contributed by atoms with E-state index in [0.717, 1.165) is 0 Å². The van der Waals surface area contributed by atoms with Crippen LogP contribution in [0, 0.1) is 0 Å². The molecule has 1 N–H and O–H groups in total. The summed E-state index contributed by atoms with van der Waals surface area (Å²) in [6.45, 7) is 5.85. The maximum absolute atomic E-state index is 12.5. The van der Waals surface area contributed by atoms with Crippen LogP contribution < -0.4 is 4.74 Å². The number of Topliss-reactive ketones (excluding diaryl/α,β-unsaturated/α-hetero) is 1. The van der Waals surface area contributed by atoms with Crippen LogP contribution in [0.1, 0.15) is 24.2 Å². The number of ketones is 1. The van der Waals surface area contributed by atoms with E-state index in [1.54, 1.807) is 6.07 Å². The molecule has 116 valence electrons. The van der Waals surface area contributed by atoms with E-state index >= 15 is 0 Å². The fraction of sp³-hybridized carbons (Fsp3) is 0.562. The molecule has 0 spiro atoms. The summed E-state index contributed by atoms with van der Waals surface area (Å²) in [5.74, 6) is 0.661. The summed E-state index contributed by atoms with van der Waals surface area (Å²) >= 11 is 0. The highest BCUT2D eigenvalue weighted by atomic mass is 16.5. The van der Waals surface area contributed by atoms with Crippen molar-refractivity contribution in [3.05, 3.63) is 29.8 Å². The molecule has 0 aliphatic carbocycles. The number of carbonyl (C=O) groups excluding carboxylic acids is 1. The van der Waals surface area contributed by atoms with Crippen molar-refractivity contribution in [2.75, 3.05) is 32.9 Å². The Balaban J connectivity index is 2.06. The monoisotopic (exact) mass is 293 g/mol. The smallest absolute Gasteiger partial charge is 0.180 e. The molecule has 1 saturated heterocycles. The highest BCUT2D eigenvalue weighted by Crippen LogP contribution is 2.20. The van der Waals surface area contributed by atoms with Gasteiger partial charge in [-0.25, -0.2) is 0 Å². The molecule has 1 heterocycles. The van der Waals surface area contributed by atoms with Gasteiger partial charge in [-0.05, 0) is 26.0 Å². The van der Waals surface area contributed by atoms with E-state index < -0.39 is 0 Å². The van der Waals surface area contributed by atoms with Crippen LogP contribution in [-0.2, 0) is 4.74 Å². The van der Waals surface area contributed by atoms with Gasteiger partial charge >= 0.3 is 0 Å². The van der Waals surface area contributed by atoms with Gasteiger partial charge in [-0.1, -0.05) is 12.1 Å². The average Bonchev–Trinajstić information content (AvgIpc) is 2.50. The van der Waals surface area contributed by atoms with Crippen molar-refractivity contribution in [1.29, 1.82) is 0 Å². The summed E-state index contributed by atoms with van der Waals surface area (Å²) in [6, 6.07) is 7.48. The third kappa shape index (κ3) is 4.03. The molecule has 1 fully saturated rings. The van der Waals surface area contributed by atoms with Crippen molar-refractivity contribution >= 4 is 5.78 Å². The van der Waals surface area contributed by atoms with E-state index in [1.807, 2.05) is 32.0 Å². The standard InChI is InChI=1S/C16H23NO4/c1-3-20-16-7-5-4-6-14(16)15(19)9-17-8-13(10-18)21-11-12(17)2/h4-7,12-13,18H,3,8-11H2,1-2H3. The van der Waals surface area contributed by atoms with Gasteiger partial charge in [0.05, 0.1) is 38.0 Å². The number of aliphatic hydroxyl groups is 1. The molecule has 1 aliphatic rings. The van der Waals surface area contributed by atoms with Gasteiger partial charge in [0.1, 0.15) is 5.75 Å². The second-order valence-corrected chi connectivity index (χ2v) is 5.27. The van der Waals surface area contributed by atoms with Gasteiger partial charge in [0.15, 0.2) is 5.78 Å². The zero-order valence-electron chi connectivity index (χ0n) is 12.6. The fourth-order valence-corrected chi connectivity index (χ4v) is 2.45. The molecule has 0 aromatic heterocycles. The topological polar surface area (TPSA) is 59.0 Å². The Kier molecular flexibility index (Phi) is 5.73. The summed E-state index contributed by atoms with van der Waals surface area (Å²) < 4.78 is 11.0. The maximum atomic E-state index is 12.5. The first-order valence-electron chi connectivity index (χ1n) is 7.37. The molecule has 0 saturated carbocycles. The van der Waals surface area contributed by atoms with Crippen molar-refractivity contribution < 1.29 is 19.4 Å². The quantitative estimate of drug-likeness (QED) is 0.802. The predicted molar refractivity (Wildman–Crippen MR) is 79.8 cm³/mol. The van der Waals surface area contributed by atoms with Crippen LogP contribution in [0.25, 0.3) is 0 Å². The molecule has 0 radical (unpaired) electrons. The highest BCUT2D eigenvalue weighted by Gasteiger charge is 2.27. The minimum Gasteiger partial charge on any atom is -0.493 e. The van der Waals surface area contributed by atoms with E-state index in [1.165, 1.54) is 0 Å². The van der Waals surface area contributed by atoms with Gasteiger partial charge in [0.2, 0.25) is 0 Å². The molecular formula is C16H23NO4. The van der Waals surface area contributed by atoms with E-state index in [0.29, 0.717) is 37.6 Å². The Morgan fingerprint density at radius 3 is 2.95 bits per heavy atom. The van der Waals surface area contributed by atoms with Crippen LogP contribution in [0.15, 0.2) is 24.3 Å². The van der Waals surface area contributed by atoms with Gasteiger partial charge in [-0.2, -0.15) is 0 Å². The molecule has 1 aromatic rings. The van der Waals surface area contributed by atoms with Crippen LogP contribution in [0.4, 0.5) is 0 Å². The summed E-state index contributed by atoms with van der Waals surface area (Å²) in [4.78, 5) is 14.6. The Morgan fingerprint density at radius 2 is 2.24 bits per heavy atom. The highest BCUT2D eigenvalue weighted by molar-refractivity contribution is 6.00. The lowest BCUT2D eigenvalue weighted by Gasteiger charge is -2.36. The largest absolute Gasteiger partial charge is 0.493 e. The minimum absolute atomic E-state index is 0.0209. The number of morpholine rings is 1. The maximum Gasteiger partial charge on any atom is 0.180 e. The summed E-state index contributed by atoms with van der Waals surface area (Å²) in [5.41, 5.74) is 0.610. The first kappa shape index (κ1) is 15.9. The van der Waals surface area contributed by atoms with Gasteiger partial charge in [-0.3, -0.25) is 9.69 Å². The SMILES string of the molecule is CCOc1ccccc1C(=O)CN1CC(CO)OCC1C. The van der Waals surface area contributed by atoms with Crippen molar-refractivity contribution in [3.63, 3.8) is 0 Å². The number of para-hydroxylation sites is 1. The van der Waals surface area contributed by atoms with E-state index in [9.17, 15) is 9.90 Å². The first-order chi connectivity index (χ1) is 10.2. The van der Waals surface area contributed by atoms with Gasteiger partial charge < -0.3 is 14.6 Å². The molecule has 2 rings (SSSR count). The molecule has 2 atom stereocenters. The number of ether oxygens (including phenoxy) is 2. The molecular weight excluding hydrogens is 270 g/mol.